The second kappa shape index (κ2) is 6.76. The van der Waals surface area contributed by atoms with Crippen LogP contribution < -0.4 is 4.74 Å². The molecule has 1 fully saturated rings. The fourth-order valence-corrected chi connectivity index (χ4v) is 3.21. The molecule has 0 bridgehead atoms. The molecule has 1 aromatic carbocycles. The number of aliphatic carboxylic acids is 1. The standard InChI is InChI=1S/C16H18ClNO5/c17-12-1-2-14-10(6-12)5-11(9-23-14)16(21)18-3-4-22-13(8-18)7-15(19)20/h1-2,6,11,13H,3-5,7-9H2,(H,19,20)/t11-,13-/m0/s1. The molecule has 0 aliphatic carbocycles. The van der Waals surface area contributed by atoms with Gasteiger partial charge in [-0.25, -0.2) is 0 Å². The van der Waals surface area contributed by atoms with Crippen molar-refractivity contribution in [1.29, 1.82) is 0 Å². The number of halogens is 1. The first-order valence-corrected chi connectivity index (χ1v) is 7.94. The predicted molar refractivity (Wildman–Crippen MR) is 82.7 cm³/mol. The van der Waals surface area contributed by atoms with Gasteiger partial charge >= 0.3 is 5.97 Å². The molecule has 1 aromatic rings. The SMILES string of the molecule is O=C(O)C[C@H]1CN(C(=O)[C@@H]2COc3ccc(Cl)cc3C2)CCO1. The maximum atomic E-state index is 12.7. The summed E-state index contributed by atoms with van der Waals surface area (Å²) in [6.45, 7) is 1.48. The third-order valence-corrected chi connectivity index (χ3v) is 4.37. The van der Waals surface area contributed by atoms with E-state index < -0.39 is 12.1 Å². The maximum absolute atomic E-state index is 12.7. The molecule has 2 atom stereocenters. The average molecular weight is 340 g/mol. The van der Waals surface area contributed by atoms with Crippen molar-refractivity contribution in [2.75, 3.05) is 26.3 Å². The smallest absolute Gasteiger partial charge is 0.306 e. The topological polar surface area (TPSA) is 76.1 Å². The monoisotopic (exact) mass is 339 g/mol. The van der Waals surface area contributed by atoms with Crippen molar-refractivity contribution >= 4 is 23.5 Å². The van der Waals surface area contributed by atoms with Gasteiger partial charge in [0.05, 0.1) is 25.0 Å². The molecule has 124 valence electrons. The van der Waals surface area contributed by atoms with E-state index in [0.29, 0.717) is 37.7 Å². The second-order valence-corrected chi connectivity index (χ2v) is 6.28. The van der Waals surface area contributed by atoms with Gasteiger partial charge in [0, 0.05) is 18.1 Å². The van der Waals surface area contributed by atoms with E-state index in [4.69, 9.17) is 26.2 Å². The number of hydrogen-bond donors (Lipinski definition) is 1. The number of fused-ring (bicyclic) bond motifs is 1. The maximum Gasteiger partial charge on any atom is 0.306 e. The zero-order valence-corrected chi connectivity index (χ0v) is 13.3. The van der Waals surface area contributed by atoms with Crippen molar-refractivity contribution in [1.82, 2.24) is 4.90 Å². The molecule has 0 unspecified atom stereocenters. The lowest BCUT2D eigenvalue weighted by atomic mass is 9.95. The summed E-state index contributed by atoms with van der Waals surface area (Å²) < 4.78 is 11.1. The molecule has 2 aliphatic rings. The number of morpholine rings is 1. The van der Waals surface area contributed by atoms with E-state index in [9.17, 15) is 9.59 Å². The lowest BCUT2D eigenvalue weighted by Gasteiger charge is -2.35. The van der Waals surface area contributed by atoms with Crippen LogP contribution in [0.2, 0.25) is 5.02 Å². The van der Waals surface area contributed by atoms with Crippen LogP contribution in [0.3, 0.4) is 0 Å². The zero-order chi connectivity index (χ0) is 16.4. The fraction of sp³-hybridized carbons (Fsp3) is 0.500. The Morgan fingerprint density at radius 3 is 3.00 bits per heavy atom. The molecule has 1 amide bonds. The Bertz CT molecular complexity index is 620. The summed E-state index contributed by atoms with van der Waals surface area (Å²) >= 11 is 6.00. The van der Waals surface area contributed by atoms with Gasteiger partial charge in [0.2, 0.25) is 5.91 Å². The van der Waals surface area contributed by atoms with E-state index in [-0.39, 0.29) is 18.2 Å². The van der Waals surface area contributed by atoms with Crippen molar-refractivity contribution in [3.63, 3.8) is 0 Å². The van der Waals surface area contributed by atoms with Gasteiger partial charge in [-0.05, 0) is 30.2 Å². The van der Waals surface area contributed by atoms with E-state index in [1.807, 2.05) is 12.1 Å². The van der Waals surface area contributed by atoms with Crippen molar-refractivity contribution < 1.29 is 24.2 Å². The van der Waals surface area contributed by atoms with Crippen LogP contribution in [0.5, 0.6) is 5.75 Å². The van der Waals surface area contributed by atoms with Gasteiger partial charge in [-0.1, -0.05) is 11.6 Å². The minimum Gasteiger partial charge on any atom is -0.492 e. The molecule has 3 rings (SSSR count). The van der Waals surface area contributed by atoms with Gasteiger partial charge in [0.1, 0.15) is 12.4 Å². The highest BCUT2D eigenvalue weighted by atomic mass is 35.5. The molecule has 6 nitrogen and oxygen atoms in total. The van der Waals surface area contributed by atoms with Crippen LogP contribution in [0, 0.1) is 5.92 Å². The Labute approximate surface area is 138 Å². The van der Waals surface area contributed by atoms with Gasteiger partial charge in [-0.2, -0.15) is 0 Å². The van der Waals surface area contributed by atoms with Crippen molar-refractivity contribution in [2.24, 2.45) is 5.92 Å². The Hall–Kier alpha value is -1.79. The third kappa shape index (κ3) is 3.76. The highest BCUT2D eigenvalue weighted by Crippen LogP contribution is 2.30. The fourth-order valence-electron chi connectivity index (χ4n) is 3.02. The molecule has 2 aliphatic heterocycles. The summed E-state index contributed by atoms with van der Waals surface area (Å²) in [7, 11) is 0. The summed E-state index contributed by atoms with van der Waals surface area (Å²) in [5, 5.41) is 9.48. The molecule has 7 heteroatoms. The van der Waals surface area contributed by atoms with Crippen LogP contribution in [0.15, 0.2) is 18.2 Å². The Kier molecular flexibility index (Phi) is 4.73. The lowest BCUT2D eigenvalue weighted by Crippen LogP contribution is -2.50. The minimum atomic E-state index is -0.922. The number of ether oxygens (including phenoxy) is 2. The molecule has 2 heterocycles. The van der Waals surface area contributed by atoms with E-state index >= 15 is 0 Å². The highest BCUT2D eigenvalue weighted by molar-refractivity contribution is 6.30. The van der Waals surface area contributed by atoms with Gasteiger partial charge < -0.3 is 19.5 Å². The molecule has 23 heavy (non-hydrogen) atoms. The first-order valence-electron chi connectivity index (χ1n) is 7.56. The Morgan fingerprint density at radius 1 is 1.39 bits per heavy atom. The summed E-state index contributed by atoms with van der Waals surface area (Å²) in [5.41, 5.74) is 0.928. The van der Waals surface area contributed by atoms with Gasteiger partial charge in [0.15, 0.2) is 0 Å². The van der Waals surface area contributed by atoms with E-state index in [1.165, 1.54) is 0 Å². The predicted octanol–water partition coefficient (Wildman–Crippen LogP) is 1.59. The number of amides is 1. The van der Waals surface area contributed by atoms with Gasteiger partial charge in [-0.15, -0.1) is 0 Å². The van der Waals surface area contributed by atoms with Crippen LogP contribution >= 0.6 is 11.6 Å². The number of carboxylic acid groups (broad SMARTS) is 1. The van der Waals surface area contributed by atoms with Crippen molar-refractivity contribution in [3.05, 3.63) is 28.8 Å². The summed E-state index contributed by atoms with van der Waals surface area (Å²) in [4.78, 5) is 25.2. The zero-order valence-electron chi connectivity index (χ0n) is 12.5. The molecular weight excluding hydrogens is 322 g/mol. The van der Waals surface area contributed by atoms with Crippen LogP contribution in [0.25, 0.3) is 0 Å². The number of benzene rings is 1. The first-order chi connectivity index (χ1) is 11.0. The van der Waals surface area contributed by atoms with Crippen LogP contribution in [0.1, 0.15) is 12.0 Å². The molecule has 0 saturated carbocycles. The molecule has 1 saturated heterocycles. The van der Waals surface area contributed by atoms with E-state index in [0.717, 1.165) is 11.3 Å². The van der Waals surface area contributed by atoms with Crippen molar-refractivity contribution in [2.45, 2.75) is 18.9 Å². The molecule has 0 aromatic heterocycles. The molecule has 0 spiro atoms. The van der Waals surface area contributed by atoms with E-state index in [2.05, 4.69) is 0 Å². The Balaban J connectivity index is 1.65. The largest absolute Gasteiger partial charge is 0.492 e. The van der Waals surface area contributed by atoms with Crippen LogP contribution in [0.4, 0.5) is 0 Å². The number of rotatable bonds is 3. The quantitative estimate of drug-likeness (QED) is 0.905. The number of carboxylic acids is 1. The Morgan fingerprint density at radius 2 is 2.22 bits per heavy atom. The number of hydrogen-bond acceptors (Lipinski definition) is 4. The third-order valence-electron chi connectivity index (χ3n) is 4.13. The summed E-state index contributed by atoms with van der Waals surface area (Å²) in [5.74, 6) is -0.447. The van der Waals surface area contributed by atoms with Gasteiger partial charge in [-0.3, -0.25) is 9.59 Å². The van der Waals surface area contributed by atoms with Gasteiger partial charge in [0.25, 0.3) is 0 Å². The van der Waals surface area contributed by atoms with Crippen LogP contribution in [-0.4, -0.2) is 54.3 Å². The average Bonchev–Trinajstić information content (AvgIpc) is 2.53. The summed E-state index contributed by atoms with van der Waals surface area (Å²) in [6, 6.07) is 5.40. The van der Waals surface area contributed by atoms with E-state index in [1.54, 1.807) is 11.0 Å². The number of carbonyl (C=O) groups excluding carboxylic acids is 1. The van der Waals surface area contributed by atoms with Crippen molar-refractivity contribution in [3.8, 4) is 5.75 Å². The molecular formula is C16H18ClNO5. The number of nitrogens with zero attached hydrogens (tertiary/aromatic N) is 1. The normalized spacial score (nSPS) is 23.8. The highest BCUT2D eigenvalue weighted by Gasteiger charge is 2.33. The molecule has 0 radical (unpaired) electrons. The lowest BCUT2D eigenvalue weighted by molar-refractivity contribution is -0.150. The number of carbonyl (C=O) groups is 2. The first kappa shape index (κ1) is 16.1. The second-order valence-electron chi connectivity index (χ2n) is 5.84. The van der Waals surface area contributed by atoms with Crippen LogP contribution in [-0.2, 0) is 20.7 Å². The molecule has 1 N–H and O–H groups in total. The summed E-state index contributed by atoms with van der Waals surface area (Å²) in [6.07, 6.45) is 0.0374. The minimum absolute atomic E-state index is 0.0192.